The van der Waals surface area contributed by atoms with Crippen molar-refractivity contribution in [2.24, 2.45) is 0 Å². The van der Waals surface area contributed by atoms with Crippen LogP contribution in [0.4, 0.5) is 0 Å². The van der Waals surface area contributed by atoms with Gasteiger partial charge in [-0.2, -0.15) is 0 Å². The molecule has 2 nitrogen and oxygen atoms in total. The molecule has 0 amide bonds. The van der Waals surface area contributed by atoms with Gasteiger partial charge in [-0.05, 0) is 36.7 Å². The van der Waals surface area contributed by atoms with Gasteiger partial charge in [-0.1, -0.05) is 22.9 Å². The molecular formula is C14H18BrNO. The van der Waals surface area contributed by atoms with Gasteiger partial charge in [0.15, 0.2) is 0 Å². The minimum Gasteiger partial charge on any atom is -0.497 e. The van der Waals surface area contributed by atoms with Crippen LogP contribution in [0.15, 0.2) is 22.7 Å². The van der Waals surface area contributed by atoms with Gasteiger partial charge in [0.05, 0.1) is 7.11 Å². The van der Waals surface area contributed by atoms with Gasteiger partial charge in [0.25, 0.3) is 0 Å². The van der Waals surface area contributed by atoms with E-state index in [0.29, 0.717) is 6.42 Å². The number of benzene rings is 1. The molecule has 92 valence electrons. The van der Waals surface area contributed by atoms with E-state index in [1.165, 1.54) is 0 Å². The molecule has 1 rings (SSSR count). The second kappa shape index (κ2) is 7.37. The molecular weight excluding hydrogens is 278 g/mol. The van der Waals surface area contributed by atoms with E-state index in [0.717, 1.165) is 28.8 Å². The van der Waals surface area contributed by atoms with Crippen LogP contribution in [0.5, 0.6) is 5.75 Å². The highest BCUT2D eigenvalue weighted by molar-refractivity contribution is 9.10. The first-order chi connectivity index (χ1) is 8.22. The Labute approximate surface area is 112 Å². The molecule has 1 aromatic carbocycles. The molecule has 0 spiro atoms. The number of ether oxygens (including phenoxy) is 1. The number of halogens is 1. The topological polar surface area (TPSA) is 21.3 Å². The number of rotatable bonds is 6. The molecule has 0 fully saturated rings. The number of nitrogens with one attached hydrogen (secondary N) is 1. The minimum atomic E-state index is 0.171. The van der Waals surface area contributed by atoms with Crippen LogP contribution in [0.3, 0.4) is 0 Å². The Morgan fingerprint density at radius 3 is 2.88 bits per heavy atom. The highest BCUT2D eigenvalue weighted by atomic mass is 79.9. The third-order valence-corrected chi connectivity index (χ3v) is 3.26. The van der Waals surface area contributed by atoms with E-state index in [2.05, 4.69) is 34.1 Å². The first kappa shape index (κ1) is 14.1. The zero-order chi connectivity index (χ0) is 12.7. The Kier molecular flexibility index (Phi) is 6.10. The van der Waals surface area contributed by atoms with Crippen LogP contribution in [0.1, 0.15) is 31.4 Å². The lowest BCUT2D eigenvalue weighted by Gasteiger charge is -2.18. The highest BCUT2D eigenvalue weighted by Gasteiger charge is 2.13. The molecule has 1 atom stereocenters. The summed E-state index contributed by atoms with van der Waals surface area (Å²) >= 11 is 3.56. The van der Waals surface area contributed by atoms with Gasteiger partial charge in [-0.25, -0.2) is 0 Å². The van der Waals surface area contributed by atoms with Gasteiger partial charge in [0, 0.05) is 16.9 Å². The van der Waals surface area contributed by atoms with Crippen molar-refractivity contribution >= 4 is 15.9 Å². The largest absolute Gasteiger partial charge is 0.497 e. The average molecular weight is 296 g/mol. The zero-order valence-corrected chi connectivity index (χ0v) is 11.9. The van der Waals surface area contributed by atoms with Crippen molar-refractivity contribution in [3.63, 3.8) is 0 Å². The fraction of sp³-hybridized carbons (Fsp3) is 0.429. The SMILES string of the molecule is C#CCC(NCCC)c1cc(OC)ccc1Br. The molecule has 0 bridgehead atoms. The summed E-state index contributed by atoms with van der Waals surface area (Å²) in [5, 5.41) is 3.45. The van der Waals surface area contributed by atoms with Crippen LogP contribution < -0.4 is 10.1 Å². The summed E-state index contributed by atoms with van der Waals surface area (Å²) in [6.45, 7) is 3.09. The number of hydrogen-bond donors (Lipinski definition) is 1. The monoisotopic (exact) mass is 295 g/mol. The van der Waals surface area contributed by atoms with Crippen LogP contribution in [0.2, 0.25) is 0 Å². The summed E-state index contributed by atoms with van der Waals surface area (Å²) in [6, 6.07) is 6.12. The molecule has 0 saturated heterocycles. The van der Waals surface area contributed by atoms with Crippen LogP contribution in [0.25, 0.3) is 0 Å². The number of hydrogen-bond acceptors (Lipinski definition) is 2. The molecule has 17 heavy (non-hydrogen) atoms. The van der Waals surface area contributed by atoms with Gasteiger partial charge >= 0.3 is 0 Å². The summed E-state index contributed by atoms with van der Waals surface area (Å²) in [6.07, 6.45) is 7.18. The lowest BCUT2D eigenvalue weighted by Crippen LogP contribution is -2.22. The van der Waals surface area contributed by atoms with Gasteiger partial charge in [0.2, 0.25) is 0 Å². The normalized spacial score (nSPS) is 11.9. The van der Waals surface area contributed by atoms with Crippen molar-refractivity contribution in [1.82, 2.24) is 5.32 Å². The predicted molar refractivity (Wildman–Crippen MR) is 75.2 cm³/mol. The minimum absolute atomic E-state index is 0.171. The summed E-state index contributed by atoms with van der Waals surface area (Å²) < 4.78 is 6.30. The molecule has 0 saturated carbocycles. The zero-order valence-electron chi connectivity index (χ0n) is 10.3. The molecule has 1 aromatic rings. The smallest absolute Gasteiger partial charge is 0.119 e. The summed E-state index contributed by atoms with van der Waals surface area (Å²) in [5.41, 5.74) is 1.15. The Balaban J connectivity index is 2.95. The highest BCUT2D eigenvalue weighted by Crippen LogP contribution is 2.29. The van der Waals surface area contributed by atoms with Gasteiger partial charge < -0.3 is 10.1 Å². The van der Waals surface area contributed by atoms with Crippen molar-refractivity contribution in [3.8, 4) is 18.1 Å². The van der Waals surface area contributed by atoms with Gasteiger partial charge in [-0.3, -0.25) is 0 Å². The maximum atomic E-state index is 5.42. The van der Waals surface area contributed by atoms with Crippen LogP contribution in [-0.4, -0.2) is 13.7 Å². The molecule has 1 unspecified atom stereocenters. The van der Waals surface area contributed by atoms with Crippen LogP contribution in [0, 0.1) is 12.3 Å². The Morgan fingerprint density at radius 1 is 1.53 bits per heavy atom. The maximum Gasteiger partial charge on any atom is 0.119 e. The first-order valence-electron chi connectivity index (χ1n) is 5.73. The van der Waals surface area contributed by atoms with E-state index in [1.54, 1.807) is 7.11 Å². The Morgan fingerprint density at radius 2 is 2.29 bits per heavy atom. The summed E-state index contributed by atoms with van der Waals surface area (Å²) in [4.78, 5) is 0. The molecule has 0 aliphatic carbocycles. The lowest BCUT2D eigenvalue weighted by atomic mass is 10.0. The third-order valence-electron chi connectivity index (χ3n) is 2.54. The predicted octanol–water partition coefficient (Wildman–Crippen LogP) is 3.52. The fourth-order valence-corrected chi connectivity index (χ4v) is 2.17. The number of methoxy groups -OCH3 is 1. The van der Waals surface area contributed by atoms with Gasteiger partial charge in [-0.15, -0.1) is 12.3 Å². The van der Waals surface area contributed by atoms with Gasteiger partial charge in [0.1, 0.15) is 5.75 Å². The van der Waals surface area contributed by atoms with Crippen molar-refractivity contribution < 1.29 is 4.74 Å². The standard InChI is InChI=1S/C14H18BrNO/c1-4-6-14(16-9-5-2)12-10-11(17-3)7-8-13(12)15/h1,7-8,10,14,16H,5-6,9H2,2-3H3. The average Bonchev–Trinajstić information content (AvgIpc) is 2.35. The van der Waals surface area contributed by atoms with E-state index in [1.807, 2.05) is 18.2 Å². The lowest BCUT2D eigenvalue weighted by molar-refractivity contribution is 0.412. The van der Waals surface area contributed by atoms with Crippen LogP contribution >= 0.6 is 15.9 Å². The molecule has 0 radical (unpaired) electrons. The second-order valence-electron chi connectivity index (χ2n) is 3.80. The second-order valence-corrected chi connectivity index (χ2v) is 4.66. The maximum absolute atomic E-state index is 5.42. The van der Waals surface area contributed by atoms with Crippen molar-refractivity contribution in [2.45, 2.75) is 25.8 Å². The third kappa shape index (κ3) is 4.07. The summed E-state index contributed by atoms with van der Waals surface area (Å²) in [7, 11) is 1.67. The quantitative estimate of drug-likeness (QED) is 0.811. The Hall–Kier alpha value is -0.980. The Bertz CT molecular complexity index is 398. The van der Waals surface area contributed by atoms with E-state index >= 15 is 0 Å². The molecule has 3 heteroatoms. The molecule has 0 heterocycles. The number of terminal acetylenes is 1. The molecule has 0 aromatic heterocycles. The molecule has 0 aliphatic heterocycles. The van der Waals surface area contributed by atoms with E-state index in [4.69, 9.17) is 11.2 Å². The van der Waals surface area contributed by atoms with Crippen molar-refractivity contribution in [2.75, 3.05) is 13.7 Å². The molecule has 1 N–H and O–H groups in total. The van der Waals surface area contributed by atoms with E-state index in [-0.39, 0.29) is 6.04 Å². The van der Waals surface area contributed by atoms with Crippen molar-refractivity contribution in [3.05, 3.63) is 28.2 Å². The van der Waals surface area contributed by atoms with E-state index in [9.17, 15) is 0 Å². The first-order valence-corrected chi connectivity index (χ1v) is 6.52. The van der Waals surface area contributed by atoms with Crippen LogP contribution in [-0.2, 0) is 0 Å². The van der Waals surface area contributed by atoms with E-state index < -0.39 is 0 Å². The molecule has 0 aliphatic rings. The summed E-state index contributed by atoms with van der Waals surface area (Å²) in [5.74, 6) is 3.57. The van der Waals surface area contributed by atoms with Crippen molar-refractivity contribution in [1.29, 1.82) is 0 Å². The fourth-order valence-electron chi connectivity index (χ4n) is 1.64.